The summed E-state index contributed by atoms with van der Waals surface area (Å²) in [6.07, 6.45) is 4.39. The fourth-order valence-electron chi connectivity index (χ4n) is 1.26. The van der Waals surface area contributed by atoms with Gasteiger partial charge in [-0.25, -0.2) is 9.78 Å². The molecule has 1 amide bonds. The van der Waals surface area contributed by atoms with Crippen LogP contribution in [0.5, 0.6) is 0 Å². The molecule has 0 spiro atoms. The first-order valence-electron chi connectivity index (χ1n) is 6.04. The van der Waals surface area contributed by atoms with E-state index in [4.69, 9.17) is 4.74 Å². The van der Waals surface area contributed by atoms with E-state index in [1.54, 1.807) is 6.07 Å². The maximum atomic E-state index is 11.6. The number of anilines is 1. The van der Waals surface area contributed by atoms with E-state index in [1.165, 1.54) is 0 Å². The van der Waals surface area contributed by atoms with Crippen LogP contribution in [0.4, 0.5) is 10.6 Å². The average molecular weight is 248 g/mol. The molecule has 0 atom stereocenters. The van der Waals surface area contributed by atoms with E-state index in [-0.39, 0.29) is 0 Å². The van der Waals surface area contributed by atoms with E-state index in [9.17, 15) is 4.79 Å². The fourth-order valence-corrected chi connectivity index (χ4v) is 1.26. The van der Waals surface area contributed by atoms with Gasteiger partial charge >= 0.3 is 6.09 Å². The second kappa shape index (κ2) is 6.19. The number of hydrogen-bond acceptors (Lipinski definition) is 3. The molecule has 4 heteroatoms. The van der Waals surface area contributed by atoms with Crippen LogP contribution in [0.15, 0.2) is 24.3 Å². The molecule has 1 aromatic rings. The summed E-state index contributed by atoms with van der Waals surface area (Å²) in [6.45, 7) is 7.51. The lowest BCUT2D eigenvalue weighted by molar-refractivity contribution is 0.0635. The van der Waals surface area contributed by atoms with E-state index in [0.717, 1.165) is 12.1 Å². The van der Waals surface area contributed by atoms with Crippen LogP contribution in [0.2, 0.25) is 0 Å². The molecule has 98 valence electrons. The number of rotatable bonds is 3. The Hall–Kier alpha value is -1.84. The van der Waals surface area contributed by atoms with Gasteiger partial charge in [0.2, 0.25) is 0 Å². The van der Waals surface area contributed by atoms with Gasteiger partial charge in [0.25, 0.3) is 0 Å². The zero-order valence-corrected chi connectivity index (χ0v) is 11.4. The highest BCUT2D eigenvalue weighted by atomic mass is 16.6. The average Bonchev–Trinajstić information content (AvgIpc) is 2.24. The van der Waals surface area contributed by atoms with Crippen molar-refractivity contribution in [3.05, 3.63) is 30.0 Å². The normalized spacial score (nSPS) is 11.6. The molecule has 0 saturated heterocycles. The van der Waals surface area contributed by atoms with Gasteiger partial charge in [0.1, 0.15) is 11.4 Å². The summed E-state index contributed by atoms with van der Waals surface area (Å²) in [5.74, 6) is 0.488. The molecular formula is C14H20N2O2. The minimum absolute atomic E-state index is 0.488. The first-order chi connectivity index (χ1) is 8.40. The minimum atomic E-state index is -0.510. The Morgan fingerprint density at radius 1 is 1.44 bits per heavy atom. The lowest BCUT2D eigenvalue weighted by Crippen LogP contribution is -2.27. The molecule has 1 rings (SSSR count). The van der Waals surface area contributed by atoms with Crippen molar-refractivity contribution in [3.8, 4) is 0 Å². The van der Waals surface area contributed by atoms with Gasteiger partial charge in [-0.2, -0.15) is 0 Å². The van der Waals surface area contributed by atoms with Crippen molar-refractivity contribution < 1.29 is 9.53 Å². The van der Waals surface area contributed by atoms with E-state index in [0.29, 0.717) is 5.82 Å². The van der Waals surface area contributed by atoms with Crippen LogP contribution in [0.1, 0.15) is 39.8 Å². The number of nitrogens with zero attached hydrogens (tertiary/aromatic N) is 1. The lowest BCUT2D eigenvalue weighted by atomic mass is 10.2. The number of pyridine rings is 1. The van der Waals surface area contributed by atoms with Crippen LogP contribution in [-0.2, 0) is 4.74 Å². The van der Waals surface area contributed by atoms with Crippen LogP contribution in [0.25, 0.3) is 6.08 Å². The predicted octanol–water partition coefficient (Wildman–Crippen LogP) is 3.85. The van der Waals surface area contributed by atoms with Crippen molar-refractivity contribution >= 4 is 18.0 Å². The fraction of sp³-hybridized carbons (Fsp3) is 0.429. The second-order valence-electron chi connectivity index (χ2n) is 4.89. The summed E-state index contributed by atoms with van der Waals surface area (Å²) < 4.78 is 5.15. The summed E-state index contributed by atoms with van der Waals surface area (Å²) in [7, 11) is 0. The molecule has 0 radical (unpaired) electrons. The van der Waals surface area contributed by atoms with Gasteiger partial charge in [0.15, 0.2) is 0 Å². The summed E-state index contributed by atoms with van der Waals surface area (Å²) >= 11 is 0. The zero-order chi connectivity index (χ0) is 13.6. The van der Waals surface area contributed by atoms with E-state index in [2.05, 4.69) is 17.2 Å². The predicted molar refractivity (Wildman–Crippen MR) is 73.4 cm³/mol. The Kier molecular flexibility index (Phi) is 4.89. The third-order valence-corrected chi connectivity index (χ3v) is 1.92. The van der Waals surface area contributed by atoms with Crippen LogP contribution >= 0.6 is 0 Å². The van der Waals surface area contributed by atoms with E-state index >= 15 is 0 Å². The van der Waals surface area contributed by atoms with Gasteiger partial charge in [0.05, 0.1) is 5.69 Å². The van der Waals surface area contributed by atoms with Gasteiger partial charge in [-0.15, -0.1) is 0 Å². The van der Waals surface area contributed by atoms with Crippen LogP contribution < -0.4 is 5.32 Å². The Labute approximate surface area is 108 Å². The molecule has 0 unspecified atom stereocenters. The van der Waals surface area contributed by atoms with Crippen LogP contribution in [-0.4, -0.2) is 16.7 Å². The molecule has 0 fully saturated rings. The number of carbonyl (C=O) groups excluding carboxylic acids is 1. The topological polar surface area (TPSA) is 51.2 Å². The molecule has 0 aromatic carbocycles. The molecule has 0 saturated carbocycles. The number of nitrogens with one attached hydrogen (secondary N) is 1. The zero-order valence-electron chi connectivity index (χ0n) is 11.4. The third-order valence-electron chi connectivity index (χ3n) is 1.92. The molecule has 0 aliphatic carbocycles. The Morgan fingerprint density at radius 3 is 2.78 bits per heavy atom. The van der Waals surface area contributed by atoms with Gasteiger partial charge in [0, 0.05) is 0 Å². The largest absolute Gasteiger partial charge is 0.444 e. The maximum absolute atomic E-state index is 11.6. The van der Waals surface area contributed by atoms with Crippen molar-refractivity contribution in [2.24, 2.45) is 0 Å². The first kappa shape index (κ1) is 14.2. The van der Waals surface area contributed by atoms with E-state index in [1.807, 2.05) is 45.1 Å². The number of amides is 1. The molecule has 0 bridgehead atoms. The SMILES string of the molecule is CC/C=C/c1cccc(NC(=O)OC(C)(C)C)n1. The molecule has 1 heterocycles. The molecule has 1 N–H and O–H groups in total. The molecular weight excluding hydrogens is 228 g/mol. The van der Waals surface area contributed by atoms with Gasteiger partial charge in [-0.05, 0) is 45.4 Å². The quantitative estimate of drug-likeness (QED) is 0.883. The maximum Gasteiger partial charge on any atom is 0.413 e. The minimum Gasteiger partial charge on any atom is -0.444 e. The Bertz CT molecular complexity index is 434. The standard InChI is InChI=1S/C14H20N2O2/c1-5-6-8-11-9-7-10-12(15-11)16-13(17)18-14(2,3)4/h6-10H,5H2,1-4H3,(H,15,16,17)/b8-6+. The van der Waals surface area contributed by atoms with Gasteiger partial charge < -0.3 is 4.74 Å². The molecule has 0 aliphatic heterocycles. The number of hydrogen-bond donors (Lipinski definition) is 1. The van der Waals surface area contributed by atoms with Gasteiger partial charge in [-0.3, -0.25) is 5.32 Å². The van der Waals surface area contributed by atoms with Crippen molar-refractivity contribution in [2.75, 3.05) is 5.32 Å². The molecule has 0 aliphatic rings. The number of aromatic nitrogens is 1. The van der Waals surface area contributed by atoms with Crippen molar-refractivity contribution in [3.63, 3.8) is 0 Å². The Balaban J connectivity index is 2.67. The van der Waals surface area contributed by atoms with Crippen molar-refractivity contribution in [2.45, 2.75) is 39.7 Å². The first-order valence-corrected chi connectivity index (χ1v) is 6.04. The van der Waals surface area contributed by atoms with Crippen LogP contribution in [0.3, 0.4) is 0 Å². The monoisotopic (exact) mass is 248 g/mol. The lowest BCUT2D eigenvalue weighted by Gasteiger charge is -2.19. The summed E-state index contributed by atoms with van der Waals surface area (Å²) in [5.41, 5.74) is 0.300. The number of ether oxygens (including phenoxy) is 1. The van der Waals surface area contributed by atoms with E-state index < -0.39 is 11.7 Å². The third kappa shape index (κ3) is 5.48. The summed E-state index contributed by atoms with van der Waals surface area (Å²) in [5, 5.41) is 2.61. The van der Waals surface area contributed by atoms with Crippen molar-refractivity contribution in [1.82, 2.24) is 4.98 Å². The second-order valence-corrected chi connectivity index (χ2v) is 4.89. The molecule has 1 aromatic heterocycles. The highest BCUT2D eigenvalue weighted by Crippen LogP contribution is 2.11. The number of carbonyl (C=O) groups is 1. The van der Waals surface area contributed by atoms with Gasteiger partial charge in [-0.1, -0.05) is 19.1 Å². The van der Waals surface area contributed by atoms with Crippen LogP contribution in [0, 0.1) is 0 Å². The molecule has 4 nitrogen and oxygen atoms in total. The number of allylic oxidation sites excluding steroid dienone is 1. The van der Waals surface area contributed by atoms with Crippen molar-refractivity contribution in [1.29, 1.82) is 0 Å². The highest BCUT2D eigenvalue weighted by molar-refractivity contribution is 5.83. The smallest absolute Gasteiger partial charge is 0.413 e. The summed E-state index contributed by atoms with van der Waals surface area (Å²) in [4.78, 5) is 15.8. The highest BCUT2D eigenvalue weighted by Gasteiger charge is 2.16. The summed E-state index contributed by atoms with van der Waals surface area (Å²) in [6, 6.07) is 5.45. The Morgan fingerprint density at radius 2 is 2.17 bits per heavy atom. The molecule has 18 heavy (non-hydrogen) atoms.